The van der Waals surface area contributed by atoms with Gasteiger partial charge in [0.25, 0.3) is 0 Å². The van der Waals surface area contributed by atoms with Crippen molar-refractivity contribution in [3.63, 3.8) is 0 Å². The monoisotopic (exact) mass is 519 g/mol. The third-order valence-electron chi connectivity index (χ3n) is 6.12. The third-order valence-corrected chi connectivity index (χ3v) is 6.80. The van der Waals surface area contributed by atoms with Crippen molar-refractivity contribution in [2.75, 3.05) is 24.5 Å². The maximum atomic E-state index is 13.7. The molecule has 0 bridgehead atoms. The van der Waals surface area contributed by atoms with Crippen molar-refractivity contribution in [1.82, 2.24) is 29.4 Å². The summed E-state index contributed by atoms with van der Waals surface area (Å²) in [6.07, 6.45) is 0.525. The van der Waals surface area contributed by atoms with Crippen molar-refractivity contribution in [2.45, 2.75) is 52.5 Å². The quantitative estimate of drug-likeness (QED) is 0.506. The lowest BCUT2D eigenvalue weighted by Gasteiger charge is -2.39. The van der Waals surface area contributed by atoms with E-state index in [4.69, 9.17) is 23.2 Å². The van der Waals surface area contributed by atoms with Crippen LogP contribution < -0.4 is 10.6 Å². The Hall–Kier alpha value is -2.98. The molecule has 3 aromatic heterocycles. The van der Waals surface area contributed by atoms with Crippen molar-refractivity contribution >= 4 is 46.1 Å². The van der Waals surface area contributed by atoms with Crippen LogP contribution in [0.15, 0.2) is 17.2 Å². The minimum atomic E-state index is -0.979. The van der Waals surface area contributed by atoms with Gasteiger partial charge in [-0.25, -0.2) is 29.1 Å². The molecule has 0 aliphatic carbocycles. The Bertz CT molecular complexity index is 1330. The number of pyridine rings is 1. The number of piperazine rings is 1. The van der Waals surface area contributed by atoms with Crippen LogP contribution in [0.5, 0.6) is 0 Å². The summed E-state index contributed by atoms with van der Waals surface area (Å²) in [5.41, 5.74) is 1.67. The Morgan fingerprint density at radius 2 is 1.71 bits per heavy atom. The molecule has 1 saturated heterocycles. The second-order valence-corrected chi connectivity index (χ2v) is 10.0. The van der Waals surface area contributed by atoms with Gasteiger partial charge in [0, 0.05) is 25.7 Å². The van der Waals surface area contributed by atoms with E-state index >= 15 is 0 Å². The number of carbonyl (C=O) groups is 1. The highest BCUT2D eigenvalue weighted by molar-refractivity contribution is 6.41. The summed E-state index contributed by atoms with van der Waals surface area (Å²) in [5, 5.41) is 10.2. The van der Waals surface area contributed by atoms with E-state index in [9.17, 15) is 14.7 Å². The highest BCUT2D eigenvalue weighted by Crippen LogP contribution is 2.34. The fourth-order valence-corrected chi connectivity index (χ4v) is 4.72. The Balaban J connectivity index is 2.03. The van der Waals surface area contributed by atoms with Gasteiger partial charge < -0.3 is 14.9 Å². The van der Waals surface area contributed by atoms with Crippen molar-refractivity contribution in [3.8, 4) is 5.69 Å². The molecule has 4 heterocycles. The lowest BCUT2D eigenvalue weighted by Crippen LogP contribution is -2.54. The molecule has 0 spiro atoms. The lowest BCUT2D eigenvalue weighted by molar-refractivity contribution is 0.136. The van der Waals surface area contributed by atoms with Crippen LogP contribution in [-0.2, 0) is 0 Å². The Morgan fingerprint density at radius 1 is 1.09 bits per heavy atom. The number of amides is 1. The predicted octanol–water partition coefficient (Wildman–Crippen LogP) is 4.31. The largest absolute Gasteiger partial charge is 0.465 e. The summed E-state index contributed by atoms with van der Waals surface area (Å²) in [6.45, 7) is 10.8. The van der Waals surface area contributed by atoms with Crippen LogP contribution >= 0.6 is 23.2 Å². The summed E-state index contributed by atoms with van der Waals surface area (Å²) in [5.74, 6) is 0.386. The van der Waals surface area contributed by atoms with E-state index in [0.717, 1.165) is 0 Å². The zero-order valence-corrected chi connectivity index (χ0v) is 21.7. The van der Waals surface area contributed by atoms with E-state index in [0.29, 0.717) is 40.5 Å². The van der Waals surface area contributed by atoms with Gasteiger partial charge in [0.1, 0.15) is 17.3 Å². The highest BCUT2D eigenvalue weighted by Gasteiger charge is 2.31. The van der Waals surface area contributed by atoms with Gasteiger partial charge in [0.05, 0.1) is 27.5 Å². The smallest absolute Gasteiger partial charge is 0.407 e. The molecule has 1 aliphatic heterocycles. The first kappa shape index (κ1) is 25.1. The first-order valence-electron chi connectivity index (χ1n) is 11.4. The molecule has 10 nitrogen and oxygen atoms in total. The molecule has 1 amide bonds. The first-order chi connectivity index (χ1) is 16.5. The zero-order valence-electron chi connectivity index (χ0n) is 20.2. The molecule has 1 atom stereocenters. The van der Waals surface area contributed by atoms with Gasteiger partial charge in [-0.05, 0) is 24.8 Å². The molecule has 0 saturated carbocycles. The van der Waals surface area contributed by atoms with E-state index < -0.39 is 11.8 Å². The number of fused-ring (bicyclic) bond motifs is 1. The second-order valence-electron chi connectivity index (χ2n) is 9.26. The molecule has 35 heavy (non-hydrogen) atoms. The molecule has 1 N–H and O–H groups in total. The van der Waals surface area contributed by atoms with Crippen LogP contribution in [-0.4, -0.2) is 66.3 Å². The van der Waals surface area contributed by atoms with Crippen LogP contribution in [0.3, 0.4) is 0 Å². The lowest BCUT2D eigenvalue weighted by atomic mass is 10.0. The minimum Gasteiger partial charge on any atom is -0.465 e. The average molecular weight is 520 g/mol. The van der Waals surface area contributed by atoms with Gasteiger partial charge in [-0.1, -0.05) is 50.9 Å². The van der Waals surface area contributed by atoms with Crippen LogP contribution in [0.4, 0.5) is 10.6 Å². The fourth-order valence-electron chi connectivity index (χ4n) is 4.43. The van der Waals surface area contributed by atoms with E-state index in [1.807, 2.05) is 39.5 Å². The normalized spacial score (nSPS) is 16.5. The maximum absolute atomic E-state index is 13.7. The van der Waals surface area contributed by atoms with E-state index in [2.05, 4.69) is 19.9 Å². The van der Waals surface area contributed by atoms with Crippen LogP contribution in [0, 0.1) is 0 Å². The summed E-state index contributed by atoms with van der Waals surface area (Å²) in [4.78, 5) is 46.3. The molecule has 1 fully saturated rings. The van der Waals surface area contributed by atoms with Crippen LogP contribution in [0.25, 0.3) is 16.7 Å². The average Bonchev–Trinajstić information content (AvgIpc) is 2.79. The van der Waals surface area contributed by atoms with Crippen molar-refractivity contribution in [1.29, 1.82) is 0 Å². The number of carboxylic acid groups (broad SMARTS) is 1. The topological polar surface area (TPSA) is 117 Å². The highest BCUT2D eigenvalue weighted by atomic mass is 35.5. The molecule has 186 valence electrons. The summed E-state index contributed by atoms with van der Waals surface area (Å²) in [7, 11) is 0. The van der Waals surface area contributed by atoms with Gasteiger partial charge in [-0.15, -0.1) is 0 Å². The van der Waals surface area contributed by atoms with Crippen molar-refractivity contribution in [2.24, 2.45) is 0 Å². The van der Waals surface area contributed by atoms with Gasteiger partial charge in [0.2, 0.25) is 0 Å². The SMILES string of the molecule is CC(C)c1ncnc(C(C)C)c1-n1c(=O)nc(N2CCN(C(=O)O)CC2C)c2cc(Cl)c(Cl)nc21. The summed E-state index contributed by atoms with van der Waals surface area (Å²) < 4.78 is 1.42. The number of aromatic nitrogens is 5. The zero-order chi connectivity index (χ0) is 25.6. The number of rotatable bonds is 4. The molecule has 4 rings (SSSR count). The first-order valence-corrected chi connectivity index (χ1v) is 12.1. The molecule has 1 aliphatic rings. The number of hydrogen-bond donors (Lipinski definition) is 1. The number of halogens is 2. The molecular formula is C23H27Cl2N7O3. The van der Waals surface area contributed by atoms with Gasteiger partial charge in [0.15, 0.2) is 5.65 Å². The third kappa shape index (κ3) is 4.52. The molecule has 1 unspecified atom stereocenters. The van der Waals surface area contributed by atoms with Gasteiger partial charge in [-0.2, -0.15) is 4.98 Å². The van der Waals surface area contributed by atoms with Gasteiger partial charge in [-0.3, -0.25) is 0 Å². The number of hydrogen-bond acceptors (Lipinski definition) is 7. The second kappa shape index (κ2) is 9.58. The molecule has 0 aromatic carbocycles. The Kier molecular flexibility index (Phi) is 6.88. The number of nitrogens with zero attached hydrogens (tertiary/aromatic N) is 7. The summed E-state index contributed by atoms with van der Waals surface area (Å²) >= 11 is 12.7. The number of anilines is 1. The van der Waals surface area contributed by atoms with E-state index in [-0.39, 0.29) is 41.1 Å². The summed E-state index contributed by atoms with van der Waals surface area (Å²) in [6, 6.07) is 1.42. The minimum absolute atomic E-state index is 0.000910. The Morgan fingerprint density at radius 3 is 2.26 bits per heavy atom. The van der Waals surface area contributed by atoms with Crippen LogP contribution in [0.1, 0.15) is 57.8 Å². The fraction of sp³-hybridized carbons (Fsp3) is 0.478. The predicted molar refractivity (Wildman–Crippen MR) is 135 cm³/mol. The molecular weight excluding hydrogens is 493 g/mol. The van der Waals surface area contributed by atoms with E-state index in [1.54, 1.807) is 6.07 Å². The molecule has 3 aromatic rings. The van der Waals surface area contributed by atoms with Gasteiger partial charge >= 0.3 is 11.8 Å². The molecule has 12 heteroatoms. The van der Waals surface area contributed by atoms with Crippen molar-refractivity contribution in [3.05, 3.63) is 44.4 Å². The molecule has 0 radical (unpaired) electrons. The van der Waals surface area contributed by atoms with Crippen molar-refractivity contribution < 1.29 is 9.90 Å². The Labute approximate surface area is 212 Å². The van der Waals surface area contributed by atoms with E-state index in [1.165, 1.54) is 15.8 Å². The maximum Gasteiger partial charge on any atom is 0.407 e. The standard InChI is InChI=1S/C23H27Cl2N7O3/c1-11(2)16-18(17(12(3)4)27-10-26-16)32-21-14(8-15(24)19(25)28-21)20(29-22(32)33)31-7-6-30(23(34)35)9-13(31)5/h8,10-13H,6-7,9H2,1-5H3,(H,34,35). The van der Waals surface area contributed by atoms with Crippen LogP contribution in [0.2, 0.25) is 10.2 Å².